The predicted molar refractivity (Wildman–Crippen MR) is 68.8 cm³/mol. The van der Waals surface area contributed by atoms with Crippen molar-refractivity contribution in [2.75, 3.05) is 0 Å². The summed E-state index contributed by atoms with van der Waals surface area (Å²) in [5, 5.41) is 0. The second kappa shape index (κ2) is 8.13. The summed E-state index contributed by atoms with van der Waals surface area (Å²) in [6.07, 6.45) is 1.10. The maximum atomic E-state index is 11.0. The minimum atomic E-state index is -0.509. The zero-order valence-electron chi connectivity index (χ0n) is 10.7. The molecule has 0 amide bonds. The molecule has 0 bridgehead atoms. The molecule has 0 unspecified atom stereocenters. The maximum absolute atomic E-state index is 11.0. The van der Waals surface area contributed by atoms with Crippen LogP contribution < -0.4 is 14.5 Å². The van der Waals surface area contributed by atoms with Gasteiger partial charge in [-0.2, -0.15) is 18.2 Å². The van der Waals surface area contributed by atoms with Crippen molar-refractivity contribution < 1.29 is 38.8 Å². The van der Waals surface area contributed by atoms with Gasteiger partial charge in [0.05, 0.1) is 5.75 Å². The van der Waals surface area contributed by atoms with Crippen molar-refractivity contribution >= 4 is 5.97 Å². The number of carbonyl (C=O) groups excluding carboxylic acids is 1. The summed E-state index contributed by atoms with van der Waals surface area (Å²) in [6, 6.07) is 16.2. The van der Waals surface area contributed by atoms with Crippen molar-refractivity contribution in [2.24, 2.45) is 0 Å². The summed E-state index contributed by atoms with van der Waals surface area (Å²) >= 11 is 0. The molecule has 2 rings (SSSR count). The summed E-state index contributed by atoms with van der Waals surface area (Å²) in [7, 11) is 0. The first-order valence-corrected chi connectivity index (χ1v) is 5.53. The van der Waals surface area contributed by atoms with Crippen LogP contribution in [0.15, 0.2) is 61.2 Å². The summed E-state index contributed by atoms with van der Waals surface area (Å²) in [5.41, 5.74) is 0. The van der Waals surface area contributed by atoms with Crippen molar-refractivity contribution in [1.29, 1.82) is 0 Å². The second-order valence-electron chi connectivity index (χ2n) is 3.50. The van der Waals surface area contributed by atoms with Crippen LogP contribution in [-0.4, -0.2) is 5.97 Å². The smallest absolute Gasteiger partial charge is 0.335 e. The Kier molecular flexibility index (Phi) is 6.47. The standard InChI is InChI=1S/C15H11O4.Zn/c1-2-15(16)17-12-8-10-14(11-9-12)19-18-13-6-4-3-5-7-13;/h2,4-11H,1H2;/q-1;. The molecule has 0 aliphatic rings. The predicted octanol–water partition coefficient (Wildman–Crippen LogP) is 2.95. The minimum Gasteiger partial charge on any atom is -0.423 e. The Morgan fingerprint density at radius 2 is 1.45 bits per heavy atom. The van der Waals surface area contributed by atoms with Gasteiger partial charge in [0.15, 0.2) is 5.75 Å². The van der Waals surface area contributed by atoms with E-state index < -0.39 is 5.97 Å². The third-order valence-electron chi connectivity index (χ3n) is 2.13. The Labute approximate surface area is 129 Å². The van der Waals surface area contributed by atoms with Gasteiger partial charge in [-0.25, -0.2) is 4.79 Å². The molecular weight excluding hydrogens is 310 g/mol. The summed E-state index contributed by atoms with van der Waals surface area (Å²) in [6.45, 7) is 3.32. The van der Waals surface area contributed by atoms with Crippen LogP contribution >= 0.6 is 0 Å². The molecular formula is C15H11O4Zn-. The fraction of sp³-hybridized carbons (Fsp3) is 0. The summed E-state index contributed by atoms with van der Waals surface area (Å²) in [5.74, 6) is 0.962. The van der Waals surface area contributed by atoms with Gasteiger partial charge in [-0.3, -0.25) is 4.89 Å². The van der Waals surface area contributed by atoms with E-state index in [9.17, 15) is 4.79 Å². The average molecular weight is 321 g/mol. The monoisotopic (exact) mass is 319 g/mol. The van der Waals surface area contributed by atoms with Crippen LogP contribution in [0, 0.1) is 6.07 Å². The van der Waals surface area contributed by atoms with Crippen LogP contribution in [0.1, 0.15) is 0 Å². The molecule has 0 saturated carbocycles. The summed E-state index contributed by atoms with van der Waals surface area (Å²) < 4.78 is 4.92. The third-order valence-corrected chi connectivity index (χ3v) is 2.13. The molecule has 0 fully saturated rings. The zero-order chi connectivity index (χ0) is 13.5. The fourth-order valence-corrected chi connectivity index (χ4v) is 1.24. The van der Waals surface area contributed by atoms with Gasteiger partial charge in [0.1, 0.15) is 5.75 Å². The van der Waals surface area contributed by atoms with Gasteiger partial charge in [-0.1, -0.05) is 6.58 Å². The number of hydrogen-bond donors (Lipinski definition) is 0. The Hall–Kier alpha value is -2.13. The van der Waals surface area contributed by atoms with E-state index in [1.165, 1.54) is 0 Å². The Morgan fingerprint density at radius 3 is 2.00 bits per heavy atom. The SMILES string of the molecule is C=CC(=O)Oc1ccc(OOc2cc[c-]cc2)cc1.[Zn]. The first kappa shape index (κ1) is 15.9. The van der Waals surface area contributed by atoms with Gasteiger partial charge in [0.2, 0.25) is 0 Å². The number of hydrogen-bond acceptors (Lipinski definition) is 4. The van der Waals surface area contributed by atoms with Crippen molar-refractivity contribution in [1.82, 2.24) is 0 Å². The van der Waals surface area contributed by atoms with E-state index in [2.05, 4.69) is 12.6 Å². The minimum absolute atomic E-state index is 0. The maximum Gasteiger partial charge on any atom is 0.335 e. The summed E-state index contributed by atoms with van der Waals surface area (Å²) in [4.78, 5) is 21.2. The van der Waals surface area contributed by atoms with Crippen molar-refractivity contribution in [3.8, 4) is 17.2 Å². The van der Waals surface area contributed by atoms with Crippen molar-refractivity contribution in [2.45, 2.75) is 0 Å². The van der Waals surface area contributed by atoms with Gasteiger partial charge in [0, 0.05) is 25.6 Å². The first-order chi connectivity index (χ1) is 9.28. The van der Waals surface area contributed by atoms with E-state index in [0.29, 0.717) is 17.2 Å². The molecule has 0 saturated heterocycles. The Balaban J connectivity index is 0.00000200. The fourth-order valence-electron chi connectivity index (χ4n) is 1.24. The largest absolute Gasteiger partial charge is 0.423 e. The van der Waals surface area contributed by atoms with Crippen LogP contribution in [-0.2, 0) is 24.3 Å². The molecule has 0 radical (unpaired) electrons. The van der Waals surface area contributed by atoms with Crippen LogP contribution in [0.25, 0.3) is 0 Å². The molecule has 2 aromatic carbocycles. The van der Waals surface area contributed by atoms with Crippen LogP contribution in [0.5, 0.6) is 17.2 Å². The molecule has 98 valence electrons. The molecule has 0 atom stereocenters. The quantitative estimate of drug-likeness (QED) is 0.162. The number of ether oxygens (including phenoxy) is 1. The second-order valence-corrected chi connectivity index (χ2v) is 3.50. The van der Waals surface area contributed by atoms with Crippen molar-refractivity contribution in [3.63, 3.8) is 0 Å². The van der Waals surface area contributed by atoms with E-state index in [4.69, 9.17) is 14.5 Å². The molecule has 20 heavy (non-hydrogen) atoms. The number of benzene rings is 2. The average Bonchev–Trinajstić information content (AvgIpc) is 2.47. The molecule has 0 aromatic heterocycles. The molecule has 0 aliphatic heterocycles. The van der Waals surface area contributed by atoms with E-state index in [1.54, 1.807) is 48.5 Å². The van der Waals surface area contributed by atoms with Crippen LogP contribution in [0.4, 0.5) is 0 Å². The van der Waals surface area contributed by atoms with Gasteiger partial charge >= 0.3 is 5.97 Å². The molecule has 0 spiro atoms. The van der Waals surface area contributed by atoms with Gasteiger partial charge in [-0.05, 0) is 24.3 Å². The Morgan fingerprint density at radius 1 is 0.950 bits per heavy atom. The molecule has 0 aliphatic carbocycles. The van der Waals surface area contributed by atoms with E-state index in [0.717, 1.165) is 6.08 Å². The topological polar surface area (TPSA) is 44.8 Å². The molecule has 2 aromatic rings. The van der Waals surface area contributed by atoms with Crippen molar-refractivity contribution in [3.05, 3.63) is 67.3 Å². The van der Waals surface area contributed by atoms with Crippen LogP contribution in [0.2, 0.25) is 0 Å². The van der Waals surface area contributed by atoms with Gasteiger partial charge < -0.3 is 9.62 Å². The van der Waals surface area contributed by atoms with Gasteiger partial charge in [-0.15, -0.1) is 12.1 Å². The van der Waals surface area contributed by atoms with Crippen LogP contribution in [0.3, 0.4) is 0 Å². The first-order valence-electron chi connectivity index (χ1n) is 5.53. The molecule has 0 N–H and O–H groups in total. The van der Waals surface area contributed by atoms with E-state index in [1.807, 2.05) is 0 Å². The number of carbonyl (C=O) groups is 1. The molecule has 4 nitrogen and oxygen atoms in total. The number of rotatable bonds is 5. The van der Waals surface area contributed by atoms with E-state index >= 15 is 0 Å². The zero-order valence-corrected chi connectivity index (χ0v) is 13.7. The number of esters is 1. The third kappa shape index (κ3) is 4.86. The molecule has 5 heteroatoms. The Bertz CT molecular complexity index is 552. The van der Waals surface area contributed by atoms with E-state index in [-0.39, 0.29) is 19.5 Å². The normalized spacial score (nSPS) is 9.00. The molecule has 0 heterocycles. The van der Waals surface area contributed by atoms with Gasteiger partial charge in [0.25, 0.3) is 0 Å².